The van der Waals surface area contributed by atoms with E-state index in [2.05, 4.69) is 5.32 Å². The van der Waals surface area contributed by atoms with Gasteiger partial charge in [-0.3, -0.25) is 4.79 Å². The largest absolute Gasteiger partial charge is 0.492 e. The van der Waals surface area contributed by atoms with E-state index in [-0.39, 0.29) is 28.4 Å². The molecule has 8 heteroatoms. The zero-order valence-electron chi connectivity index (χ0n) is 18.9. The van der Waals surface area contributed by atoms with Crippen LogP contribution in [0.4, 0.5) is 10.1 Å². The molecule has 0 radical (unpaired) electrons. The molecule has 0 amide bonds. The van der Waals surface area contributed by atoms with Crippen molar-refractivity contribution >= 4 is 22.6 Å². The number of aromatic carboxylic acids is 1. The van der Waals surface area contributed by atoms with Crippen LogP contribution >= 0.6 is 0 Å². The lowest BCUT2D eigenvalue weighted by Gasteiger charge is -2.35. The zero-order valence-corrected chi connectivity index (χ0v) is 14.9. The summed E-state index contributed by atoms with van der Waals surface area (Å²) in [6.07, 6.45) is 2.69. The van der Waals surface area contributed by atoms with Crippen LogP contribution in [0.25, 0.3) is 10.9 Å². The summed E-state index contributed by atoms with van der Waals surface area (Å²) in [4.78, 5) is 25.3. The molecule has 1 aliphatic carbocycles. The third kappa shape index (κ3) is 2.93. The van der Waals surface area contributed by atoms with Crippen LogP contribution in [0.2, 0.25) is 0 Å². The molecule has 144 valence electrons. The Hall–Kier alpha value is -2.61. The molecule has 1 saturated carbocycles. The normalized spacial score (nSPS) is 26.0. The van der Waals surface area contributed by atoms with Crippen LogP contribution in [0.1, 0.15) is 41.6 Å². The van der Waals surface area contributed by atoms with Gasteiger partial charge in [-0.1, -0.05) is 0 Å². The van der Waals surface area contributed by atoms with E-state index < -0.39 is 48.4 Å². The number of ether oxygens (including phenoxy) is 1. The molecule has 27 heavy (non-hydrogen) atoms. The highest BCUT2D eigenvalue weighted by atomic mass is 19.1. The Morgan fingerprint density at radius 1 is 1.48 bits per heavy atom. The molecule has 0 spiro atoms. The van der Waals surface area contributed by atoms with Gasteiger partial charge in [0.1, 0.15) is 11.3 Å². The van der Waals surface area contributed by atoms with Gasteiger partial charge in [0.25, 0.3) is 0 Å². The molecule has 0 bridgehead atoms. The van der Waals surface area contributed by atoms with Crippen molar-refractivity contribution in [2.75, 3.05) is 31.5 Å². The number of nitrogens with zero attached hydrogens (tertiary/aromatic N) is 2. The van der Waals surface area contributed by atoms with Crippen molar-refractivity contribution in [2.24, 2.45) is 0 Å². The molecule has 1 aliphatic heterocycles. The molecule has 1 aromatic carbocycles. The molecule has 2 aromatic rings. The van der Waals surface area contributed by atoms with Gasteiger partial charge in [-0.2, -0.15) is 0 Å². The van der Waals surface area contributed by atoms with Crippen molar-refractivity contribution in [2.45, 2.75) is 31.8 Å². The molecule has 1 aromatic heterocycles. The molecule has 1 atom stereocenters. The standard InChI is InChI=1S/C19H22FN3O4/c1-10-8-22(6-5-21-10)16-14(20)7-12-15(18(16)27-2)23(11-3-4-11)9-13(17(12)24)19(25)26/h7,9-11,21H,3-6,8H2,1-2H3,(H,25,26)/i5D2,8D2. The highest BCUT2D eigenvalue weighted by Crippen LogP contribution is 2.43. The van der Waals surface area contributed by atoms with Crippen molar-refractivity contribution in [3.8, 4) is 5.75 Å². The van der Waals surface area contributed by atoms with Crippen LogP contribution in [0.15, 0.2) is 17.1 Å². The fourth-order valence-corrected chi connectivity index (χ4v) is 3.41. The van der Waals surface area contributed by atoms with Gasteiger partial charge in [-0.25, -0.2) is 9.18 Å². The molecule has 2 fully saturated rings. The van der Waals surface area contributed by atoms with Gasteiger partial charge >= 0.3 is 5.97 Å². The van der Waals surface area contributed by atoms with Crippen molar-refractivity contribution in [3.63, 3.8) is 0 Å². The highest BCUT2D eigenvalue weighted by Gasteiger charge is 2.32. The Bertz CT molecular complexity index is 1150. The SMILES string of the molecule is [2H]C1([2H])CN(c2c(F)cc3c(=O)c(C(=O)O)cn(C4CC4)c3c2OC)C([2H])([2H])C(C)N1. The maximum Gasteiger partial charge on any atom is 0.341 e. The molecule has 1 unspecified atom stereocenters. The number of hydrogen-bond donors (Lipinski definition) is 2. The summed E-state index contributed by atoms with van der Waals surface area (Å²) < 4.78 is 55.5. The number of carboxylic acid groups (broad SMARTS) is 1. The van der Waals surface area contributed by atoms with E-state index >= 15 is 4.39 Å². The van der Waals surface area contributed by atoms with Crippen molar-refractivity contribution < 1.29 is 24.5 Å². The minimum Gasteiger partial charge on any atom is -0.492 e. The van der Waals surface area contributed by atoms with Gasteiger partial charge < -0.3 is 24.6 Å². The van der Waals surface area contributed by atoms with Gasteiger partial charge in [-0.05, 0) is 25.8 Å². The van der Waals surface area contributed by atoms with Gasteiger partial charge in [0, 0.05) is 40.6 Å². The molecular formula is C19H22FN3O4. The molecule has 2 N–H and O–H groups in total. The predicted molar refractivity (Wildman–Crippen MR) is 99.6 cm³/mol. The summed E-state index contributed by atoms with van der Waals surface area (Å²) in [5.41, 5.74) is -1.50. The van der Waals surface area contributed by atoms with Crippen LogP contribution in [-0.4, -0.2) is 48.3 Å². The Morgan fingerprint density at radius 3 is 2.85 bits per heavy atom. The summed E-state index contributed by atoms with van der Waals surface area (Å²) in [5, 5.41) is 11.8. The van der Waals surface area contributed by atoms with Gasteiger partial charge in [0.2, 0.25) is 5.43 Å². The van der Waals surface area contributed by atoms with E-state index in [4.69, 9.17) is 10.2 Å². The number of methoxy groups -OCH3 is 1. The number of carboxylic acids is 1. The zero-order chi connectivity index (χ0) is 22.9. The number of hydrogen-bond acceptors (Lipinski definition) is 5. The fraction of sp³-hybridized carbons (Fsp3) is 0.474. The molecule has 7 nitrogen and oxygen atoms in total. The number of nitrogens with one attached hydrogen (secondary N) is 1. The lowest BCUT2D eigenvalue weighted by Crippen LogP contribution is -2.49. The number of anilines is 1. The third-order valence-electron chi connectivity index (χ3n) is 4.75. The van der Waals surface area contributed by atoms with Crippen molar-refractivity contribution in [1.82, 2.24) is 9.88 Å². The lowest BCUT2D eigenvalue weighted by atomic mass is 10.1. The van der Waals surface area contributed by atoms with E-state index in [9.17, 15) is 14.7 Å². The maximum atomic E-state index is 15.4. The Balaban J connectivity index is 2.07. The summed E-state index contributed by atoms with van der Waals surface area (Å²) in [6, 6.07) is -0.200. The second-order valence-corrected chi connectivity index (χ2v) is 6.71. The predicted octanol–water partition coefficient (Wildman–Crippen LogP) is 1.98. The summed E-state index contributed by atoms with van der Waals surface area (Å²) in [6.45, 7) is -3.25. The summed E-state index contributed by atoms with van der Waals surface area (Å²) >= 11 is 0. The van der Waals surface area contributed by atoms with Crippen LogP contribution in [0.5, 0.6) is 5.75 Å². The summed E-state index contributed by atoms with van der Waals surface area (Å²) in [7, 11) is 1.25. The monoisotopic (exact) mass is 379 g/mol. The Morgan fingerprint density at radius 2 is 2.22 bits per heavy atom. The number of rotatable bonds is 4. The number of pyridine rings is 1. The Kier molecular flexibility index (Phi) is 3.27. The van der Waals surface area contributed by atoms with E-state index in [1.807, 2.05) is 0 Å². The van der Waals surface area contributed by atoms with Gasteiger partial charge in [0.15, 0.2) is 11.6 Å². The molecule has 4 rings (SSSR count). The maximum absolute atomic E-state index is 15.4. The number of carbonyl (C=O) groups is 1. The minimum atomic E-state index is -2.18. The second-order valence-electron chi connectivity index (χ2n) is 6.71. The number of fused-ring (bicyclic) bond motifs is 1. The Labute approximate surface area is 161 Å². The topological polar surface area (TPSA) is 83.8 Å². The third-order valence-corrected chi connectivity index (χ3v) is 4.75. The number of piperazine rings is 1. The van der Waals surface area contributed by atoms with Gasteiger partial charge in [-0.15, -0.1) is 0 Å². The first kappa shape index (κ1) is 13.5. The first-order valence-electron chi connectivity index (χ1n) is 10.6. The van der Waals surface area contributed by atoms with Crippen LogP contribution in [0.3, 0.4) is 0 Å². The van der Waals surface area contributed by atoms with Crippen LogP contribution in [0, 0.1) is 5.82 Å². The van der Waals surface area contributed by atoms with Crippen molar-refractivity contribution in [1.29, 1.82) is 0 Å². The number of benzene rings is 1. The lowest BCUT2D eigenvalue weighted by molar-refractivity contribution is 0.0695. The number of aromatic nitrogens is 1. The van der Waals surface area contributed by atoms with E-state index in [1.54, 1.807) is 4.57 Å². The minimum absolute atomic E-state index is 0.0986. The first-order valence-corrected chi connectivity index (χ1v) is 8.63. The molecule has 2 aliphatic rings. The van der Waals surface area contributed by atoms with Gasteiger partial charge in [0.05, 0.1) is 20.8 Å². The highest BCUT2D eigenvalue weighted by molar-refractivity contribution is 5.97. The quantitative estimate of drug-likeness (QED) is 0.845. The fourth-order valence-electron chi connectivity index (χ4n) is 3.41. The van der Waals surface area contributed by atoms with E-state index in [1.165, 1.54) is 20.2 Å². The second kappa shape index (κ2) is 6.53. The summed E-state index contributed by atoms with van der Waals surface area (Å²) in [5.74, 6) is -2.56. The van der Waals surface area contributed by atoms with Crippen molar-refractivity contribution in [3.05, 3.63) is 33.9 Å². The average Bonchev–Trinajstić information content (AvgIpc) is 3.49. The van der Waals surface area contributed by atoms with Crippen LogP contribution in [-0.2, 0) is 0 Å². The average molecular weight is 379 g/mol. The smallest absolute Gasteiger partial charge is 0.341 e. The van der Waals surface area contributed by atoms with E-state index in [0.29, 0.717) is 0 Å². The number of halogens is 1. The van der Waals surface area contributed by atoms with E-state index in [0.717, 1.165) is 23.8 Å². The molecular weight excluding hydrogens is 353 g/mol. The molecule has 1 saturated heterocycles. The first-order chi connectivity index (χ1) is 14.4. The van der Waals surface area contributed by atoms with Crippen LogP contribution < -0.4 is 20.4 Å². The molecule has 2 heterocycles.